The number of aliphatic hydroxyl groups is 1. The van der Waals surface area contributed by atoms with Crippen LogP contribution >= 0.6 is 0 Å². The summed E-state index contributed by atoms with van der Waals surface area (Å²) in [5.41, 5.74) is -0.0412. The molecule has 4 nitrogen and oxygen atoms in total. The number of aliphatic hydroxyl groups excluding tert-OH is 1. The smallest absolute Gasteiger partial charge is 0.0674 e. The van der Waals surface area contributed by atoms with Gasteiger partial charge in [0.15, 0.2) is 0 Å². The van der Waals surface area contributed by atoms with Crippen molar-refractivity contribution >= 4 is 0 Å². The molecule has 0 aromatic heterocycles. The van der Waals surface area contributed by atoms with E-state index in [4.69, 9.17) is 4.74 Å². The first-order valence-electron chi connectivity index (χ1n) is 8.37. The summed E-state index contributed by atoms with van der Waals surface area (Å²) in [6.07, 6.45) is 5.98. The Morgan fingerprint density at radius 3 is 2.85 bits per heavy atom. The van der Waals surface area contributed by atoms with E-state index in [1.165, 1.54) is 6.42 Å². The minimum atomic E-state index is -0.0412. The third kappa shape index (κ3) is 3.53. The number of hydrogen-bond donors (Lipinski definition) is 2. The lowest BCUT2D eigenvalue weighted by Crippen LogP contribution is -2.54. The highest BCUT2D eigenvalue weighted by atomic mass is 16.5. The third-order valence-electron chi connectivity index (χ3n) is 5.09. The number of rotatable bonds is 6. The van der Waals surface area contributed by atoms with Crippen molar-refractivity contribution in [3.05, 3.63) is 0 Å². The van der Waals surface area contributed by atoms with E-state index in [9.17, 15) is 5.11 Å². The number of nitrogens with one attached hydrogen (secondary N) is 1. The molecule has 4 unspecified atom stereocenters. The Morgan fingerprint density at radius 1 is 1.40 bits per heavy atom. The molecule has 118 valence electrons. The average molecular weight is 284 g/mol. The van der Waals surface area contributed by atoms with Gasteiger partial charge in [0.25, 0.3) is 0 Å². The van der Waals surface area contributed by atoms with Crippen molar-refractivity contribution in [2.24, 2.45) is 0 Å². The van der Waals surface area contributed by atoms with Gasteiger partial charge in [-0.25, -0.2) is 0 Å². The van der Waals surface area contributed by atoms with Gasteiger partial charge in [-0.15, -0.1) is 0 Å². The molecule has 1 saturated carbocycles. The maximum Gasteiger partial charge on any atom is 0.0674 e. The molecule has 0 bridgehead atoms. The molecule has 1 heterocycles. The van der Waals surface area contributed by atoms with Crippen molar-refractivity contribution in [3.8, 4) is 0 Å². The molecular formula is C16H32N2O2. The first-order valence-corrected chi connectivity index (χ1v) is 8.37. The van der Waals surface area contributed by atoms with Gasteiger partial charge in [-0.1, -0.05) is 13.8 Å². The Bertz CT molecular complexity index is 300. The van der Waals surface area contributed by atoms with Crippen LogP contribution in [-0.2, 0) is 4.74 Å². The second kappa shape index (κ2) is 7.21. The number of ether oxygens (including phenoxy) is 1. The predicted molar refractivity (Wildman–Crippen MR) is 81.9 cm³/mol. The molecule has 1 saturated heterocycles. The maximum atomic E-state index is 9.83. The van der Waals surface area contributed by atoms with Crippen LogP contribution in [0, 0.1) is 0 Å². The van der Waals surface area contributed by atoms with Crippen LogP contribution in [0.5, 0.6) is 0 Å². The van der Waals surface area contributed by atoms with Gasteiger partial charge in [0.05, 0.1) is 19.3 Å². The zero-order chi connectivity index (χ0) is 14.6. The molecule has 2 N–H and O–H groups in total. The Labute approximate surface area is 123 Å². The van der Waals surface area contributed by atoms with Crippen molar-refractivity contribution < 1.29 is 9.84 Å². The topological polar surface area (TPSA) is 44.7 Å². The second-order valence-electron chi connectivity index (χ2n) is 6.66. The summed E-state index contributed by atoms with van der Waals surface area (Å²) >= 11 is 0. The van der Waals surface area contributed by atoms with E-state index in [0.717, 1.165) is 45.4 Å². The lowest BCUT2D eigenvalue weighted by molar-refractivity contribution is -0.0727. The van der Waals surface area contributed by atoms with Crippen molar-refractivity contribution in [1.82, 2.24) is 10.2 Å². The SMILES string of the molecule is CCCNC1(CO)CCC(N2CC(C)OCC2CC)C1. The van der Waals surface area contributed by atoms with Crippen LogP contribution in [0.3, 0.4) is 0 Å². The summed E-state index contributed by atoms with van der Waals surface area (Å²) in [5, 5.41) is 13.4. The van der Waals surface area contributed by atoms with Gasteiger partial charge >= 0.3 is 0 Å². The van der Waals surface area contributed by atoms with Crippen LogP contribution < -0.4 is 5.32 Å². The normalized spacial score (nSPS) is 39.3. The van der Waals surface area contributed by atoms with Crippen LogP contribution in [0.25, 0.3) is 0 Å². The maximum absolute atomic E-state index is 9.83. The first-order chi connectivity index (χ1) is 9.64. The van der Waals surface area contributed by atoms with Gasteiger partial charge < -0.3 is 15.2 Å². The Hall–Kier alpha value is -0.160. The minimum absolute atomic E-state index is 0.0412. The van der Waals surface area contributed by atoms with Crippen LogP contribution in [0.4, 0.5) is 0 Å². The molecule has 4 heteroatoms. The highest BCUT2D eigenvalue weighted by Crippen LogP contribution is 2.35. The molecule has 0 spiro atoms. The summed E-state index contributed by atoms with van der Waals surface area (Å²) in [6, 6.07) is 1.15. The fraction of sp³-hybridized carbons (Fsp3) is 1.00. The summed E-state index contributed by atoms with van der Waals surface area (Å²) in [7, 11) is 0. The fourth-order valence-electron chi connectivity index (χ4n) is 3.80. The highest BCUT2D eigenvalue weighted by Gasteiger charge is 2.43. The third-order valence-corrected chi connectivity index (χ3v) is 5.09. The Balaban J connectivity index is 1.98. The fourth-order valence-corrected chi connectivity index (χ4v) is 3.80. The number of hydrogen-bond acceptors (Lipinski definition) is 4. The Morgan fingerprint density at radius 2 is 2.20 bits per heavy atom. The molecule has 4 atom stereocenters. The summed E-state index contributed by atoms with van der Waals surface area (Å²) < 4.78 is 5.81. The summed E-state index contributed by atoms with van der Waals surface area (Å²) in [5.74, 6) is 0. The molecule has 0 radical (unpaired) electrons. The molecule has 0 aromatic carbocycles. The zero-order valence-electron chi connectivity index (χ0n) is 13.4. The molecule has 1 aliphatic heterocycles. The van der Waals surface area contributed by atoms with E-state index >= 15 is 0 Å². The van der Waals surface area contributed by atoms with E-state index in [1.54, 1.807) is 0 Å². The standard InChI is InChI=1S/C16H32N2O2/c1-4-8-17-16(12-19)7-6-15(9-16)18-10-13(3)20-11-14(18)5-2/h13-15,17,19H,4-12H2,1-3H3. The molecule has 1 aliphatic carbocycles. The van der Waals surface area contributed by atoms with E-state index in [0.29, 0.717) is 18.2 Å². The van der Waals surface area contributed by atoms with Gasteiger partial charge in [0.2, 0.25) is 0 Å². The van der Waals surface area contributed by atoms with Gasteiger partial charge in [0, 0.05) is 24.2 Å². The summed E-state index contributed by atoms with van der Waals surface area (Å²) in [4.78, 5) is 2.65. The molecule has 2 aliphatic rings. The molecule has 2 rings (SSSR count). The van der Waals surface area contributed by atoms with Gasteiger partial charge in [0.1, 0.15) is 0 Å². The van der Waals surface area contributed by atoms with E-state index in [1.807, 2.05) is 0 Å². The van der Waals surface area contributed by atoms with Crippen molar-refractivity contribution in [3.63, 3.8) is 0 Å². The monoisotopic (exact) mass is 284 g/mol. The van der Waals surface area contributed by atoms with Crippen molar-refractivity contribution in [2.45, 2.75) is 76.6 Å². The van der Waals surface area contributed by atoms with E-state index in [-0.39, 0.29) is 12.1 Å². The molecule has 2 fully saturated rings. The second-order valence-corrected chi connectivity index (χ2v) is 6.66. The Kier molecular flexibility index (Phi) is 5.84. The molecule has 20 heavy (non-hydrogen) atoms. The lowest BCUT2D eigenvalue weighted by atomic mass is 9.97. The zero-order valence-corrected chi connectivity index (χ0v) is 13.4. The lowest BCUT2D eigenvalue weighted by Gasteiger charge is -2.42. The van der Waals surface area contributed by atoms with Gasteiger partial charge in [-0.2, -0.15) is 0 Å². The van der Waals surface area contributed by atoms with Crippen LogP contribution in [0.1, 0.15) is 52.9 Å². The molecule has 0 aromatic rings. The van der Waals surface area contributed by atoms with Crippen LogP contribution in [0.2, 0.25) is 0 Å². The van der Waals surface area contributed by atoms with Crippen molar-refractivity contribution in [2.75, 3.05) is 26.3 Å². The van der Waals surface area contributed by atoms with E-state index < -0.39 is 0 Å². The van der Waals surface area contributed by atoms with Gasteiger partial charge in [-0.3, -0.25) is 4.90 Å². The van der Waals surface area contributed by atoms with Crippen LogP contribution in [-0.4, -0.2) is 60.0 Å². The molecule has 0 amide bonds. The quantitative estimate of drug-likeness (QED) is 0.780. The number of nitrogens with zero attached hydrogens (tertiary/aromatic N) is 1. The largest absolute Gasteiger partial charge is 0.394 e. The predicted octanol–water partition coefficient (Wildman–Crippen LogP) is 1.77. The number of morpholine rings is 1. The summed E-state index contributed by atoms with van der Waals surface area (Å²) in [6.45, 7) is 9.77. The highest BCUT2D eigenvalue weighted by molar-refractivity contribution is 5.01. The van der Waals surface area contributed by atoms with E-state index in [2.05, 4.69) is 31.0 Å². The van der Waals surface area contributed by atoms with Gasteiger partial charge in [-0.05, 0) is 45.6 Å². The average Bonchev–Trinajstić information content (AvgIpc) is 2.90. The van der Waals surface area contributed by atoms with Crippen molar-refractivity contribution in [1.29, 1.82) is 0 Å². The molecular weight excluding hydrogens is 252 g/mol. The first kappa shape index (κ1) is 16.2. The van der Waals surface area contributed by atoms with Crippen LogP contribution in [0.15, 0.2) is 0 Å². The minimum Gasteiger partial charge on any atom is -0.394 e.